The number of aryl methyl sites for hydroxylation is 2. The quantitative estimate of drug-likeness (QED) is 0.875. The summed E-state index contributed by atoms with van der Waals surface area (Å²) in [5.74, 6) is 0.708. The molecule has 3 nitrogen and oxygen atoms in total. The molecule has 0 spiro atoms. The monoisotopic (exact) mass is 271 g/mol. The predicted molar refractivity (Wildman–Crippen MR) is 79.9 cm³/mol. The van der Waals surface area contributed by atoms with E-state index in [0.29, 0.717) is 18.8 Å². The Hall–Kier alpha value is -1.87. The average Bonchev–Trinajstić information content (AvgIpc) is 2.47. The molecule has 0 aliphatic heterocycles. The number of hydrogen-bond donors (Lipinski definition) is 1. The molecule has 0 aliphatic carbocycles. The molecule has 1 atom stereocenters. The molecule has 1 aromatic carbocycles. The number of pyridine rings is 1. The number of benzene rings is 1. The molecule has 2 aromatic rings. The Morgan fingerprint density at radius 1 is 1.25 bits per heavy atom. The first-order valence-corrected chi connectivity index (χ1v) is 7.01. The molecule has 0 aliphatic rings. The van der Waals surface area contributed by atoms with Crippen LogP contribution in [0.4, 0.5) is 0 Å². The van der Waals surface area contributed by atoms with Crippen LogP contribution in [0.2, 0.25) is 0 Å². The summed E-state index contributed by atoms with van der Waals surface area (Å²) in [5.41, 5.74) is 3.35. The zero-order valence-electron chi connectivity index (χ0n) is 12.0. The molecule has 20 heavy (non-hydrogen) atoms. The van der Waals surface area contributed by atoms with E-state index in [4.69, 9.17) is 4.74 Å². The van der Waals surface area contributed by atoms with E-state index in [-0.39, 0.29) is 0 Å². The Labute approximate surface area is 120 Å². The van der Waals surface area contributed by atoms with Crippen molar-refractivity contribution in [2.24, 2.45) is 0 Å². The van der Waals surface area contributed by atoms with Crippen molar-refractivity contribution in [2.75, 3.05) is 6.61 Å². The van der Waals surface area contributed by atoms with E-state index in [0.717, 1.165) is 12.0 Å². The lowest BCUT2D eigenvalue weighted by molar-refractivity contribution is 0.167. The Morgan fingerprint density at radius 3 is 2.80 bits per heavy atom. The van der Waals surface area contributed by atoms with Gasteiger partial charge in [0.05, 0.1) is 18.9 Å². The molecule has 0 bridgehead atoms. The summed E-state index contributed by atoms with van der Waals surface area (Å²) in [6.07, 6.45) is 4.39. The minimum atomic E-state index is -0.512. The summed E-state index contributed by atoms with van der Waals surface area (Å²) >= 11 is 0. The van der Waals surface area contributed by atoms with Crippen molar-refractivity contribution in [3.05, 3.63) is 59.4 Å². The summed E-state index contributed by atoms with van der Waals surface area (Å²) in [5, 5.41) is 10.3. The summed E-state index contributed by atoms with van der Waals surface area (Å²) in [6.45, 7) is 4.63. The lowest BCUT2D eigenvalue weighted by atomic mass is 9.99. The van der Waals surface area contributed by atoms with Gasteiger partial charge in [-0.1, -0.05) is 24.3 Å². The fourth-order valence-electron chi connectivity index (χ4n) is 2.21. The highest BCUT2D eigenvalue weighted by Gasteiger charge is 2.10. The van der Waals surface area contributed by atoms with Crippen LogP contribution in [-0.4, -0.2) is 16.7 Å². The van der Waals surface area contributed by atoms with E-state index in [1.807, 2.05) is 25.1 Å². The summed E-state index contributed by atoms with van der Waals surface area (Å²) in [4.78, 5) is 4.11. The molecule has 1 unspecified atom stereocenters. The van der Waals surface area contributed by atoms with Crippen LogP contribution in [0.25, 0.3) is 0 Å². The molecule has 106 valence electrons. The maximum atomic E-state index is 10.3. The minimum absolute atomic E-state index is 0.512. The van der Waals surface area contributed by atoms with Crippen molar-refractivity contribution in [3.63, 3.8) is 0 Å². The molecule has 0 radical (unpaired) electrons. The van der Waals surface area contributed by atoms with Crippen LogP contribution < -0.4 is 4.74 Å². The average molecular weight is 271 g/mol. The second-order valence-electron chi connectivity index (χ2n) is 4.87. The number of rotatable bonds is 6. The lowest BCUT2D eigenvalue weighted by Crippen LogP contribution is -2.02. The maximum absolute atomic E-state index is 10.3. The van der Waals surface area contributed by atoms with Gasteiger partial charge < -0.3 is 9.84 Å². The fourth-order valence-corrected chi connectivity index (χ4v) is 2.21. The molecule has 0 amide bonds. The molecule has 0 saturated heterocycles. The second-order valence-corrected chi connectivity index (χ2v) is 4.87. The van der Waals surface area contributed by atoms with Crippen molar-refractivity contribution in [3.8, 4) is 5.75 Å². The fraction of sp³-hybridized carbons (Fsp3) is 0.353. The van der Waals surface area contributed by atoms with E-state index in [1.165, 1.54) is 11.1 Å². The molecule has 3 heteroatoms. The van der Waals surface area contributed by atoms with Crippen molar-refractivity contribution < 1.29 is 9.84 Å². The van der Waals surface area contributed by atoms with Gasteiger partial charge in [-0.2, -0.15) is 0 Å². The molecular formula is C17H21NO2. The molecule has 1 heterocycles. The molecule has 1 N–H and O–H groups in total. The van der Waals surface area contributed by atoms with E-state index in [9.17, 15) is 5.11 Å². The Kier molecular flexibility index (Phi) is 5.13. The number of aliphatic hydroxyl groups is 1. The van der Waals surface area contributed by atoms with Crippen LogP contribution in [0.5, 0.6) is 5.75 Å². The van der Waals surface area contributed by atoms with Gasteiger partial charge >= 0.3 is 0 Å². The Balaban J connectivity index is 1.99. The second kappa shape index (κ2) is 7.06. The zero-order valence-corrected chi connectivity index (χ0v) is 12.0. The summed E-state index contributed by atoms with van der Waals surface area (Å²) in [6, 6.07) is 10.1. The first-order chi connectivity index (χ1) is 9.70. The third kappa shape index (κ3) is 3.81. The van der Waals surface area contributed by atoms with E-state index < -0.39 is 6.10 Å². The summed E-state index contributed by atoms with van der Waals surface area (Å²) < 4.78 is 5.40. The van der Waals surface area contributed by atoms with Gasteiger partial charge in [0.2, 0.25) is 0 Å². The third-order valence-corrected chi connectivity index (χ3v) is 3.38. The lowest BCUT2D eigenvalue weighted by Gasteiger charge is -2.13. The van der Waals surface area contributed by atoms with Crippen LogP contribution in [-0.2, 0) is 6.42 Å². The van der Waals surface area contributed by atoms with Crippen molar-refractivity contribution in [1.82, 2.24) is 4.98 Å². The first kappa shape index (κ1) is 14.5. The molecule has 0 saturated carbocycles. The van der Waals surface area contributed by atoms with E-state index in [1.54, 1.807) is 12.4 Å². The first-order valence-electron chi connectivity index (χ1n) is 7.01. The minimum Gasteiger partial charge on any atom is -0.492 e. The van der Waals surface area contributed by atoms with Crippen LogP contribution in [0.15, 0.2) is 42.7 Å². The van der Waals surface area contributed by atoms with E-state index >= 15 is 0 Å². The highest BCUT2D eigenvalue weighted by Crippen LogP contribution is 2.22. The molecule has 1 aromatic heterocycles. The van der Waals surface area contributed by atoms with Gasteiger partial charge in [-0.25, -0.2) is 0 Å². The number of hydrogen-bond acceptors (Lipinski definition) is 3. The van der Waals surface area contributed by atoms with Crippen molar-refractivity contribution >= 4 is 0 Å². The topological polar surface area (TPSA) is 42.4 Å². The van der Waals surface area contributed by atoms with Crippen LogP contribution >= 0.6 is 0 Å². The van der Waals surface area contributed by atoms with Gasteiger partial charge in [-0.05, 0) is 43.9 Å². The van der Waals surface area contributed by atoms with Gasteiger partial charge in [0, 0.05) is 11.8 Å². The molecule has 2 rings (SSSR count). The number of nitrogens with zero attached hydrogens (tertiary/aromatic N) is 1. The summed E-state index contributed by atoms with van der Waals surface area (Å²) in [7, 11) is 0. The highest BCUT2D eigenvalue weighted by molar-refractivity contribution is 5.27. The molecule has 0 fully saturated rings. The smallest absolute Gasteiger partial charge is 0.137 e. The van der Waals surface area contributed by atoms with Gasteiger partial charge in [0.15, 0.2) is 0 Å². The van der Waals surface area contributed by atoms with Crippen LogP contribution in [0.1, 0.15) is 36.1 Å². The van der Waals surface area contributed by atoms with Crippen LogP contribution in [0, 0.1) is 6.92 Å². The molecular weight excluding hydrogens is 250 g/mol. The number of aromatic nitrogens is 1. The number of ether oxygens (including phenoxy) is 1. The van der Waals surface area contributed by atoms with Crippen molar-refractivity contribution in [2.45, 2.75) is 32.8 Å². The Morgan fingerprint density at radius 2 is 2.05 bits per heavy atom. The largest absolute Gasteiger partial charge is 0.492 e. The normalized spacial score (nSPS) is 12.2. The standard InChI is InChI=1S/C17H21NO2/c1-3-20-16-10-15(11-18-12-16)17(19)9-8-14-7-5-4-6-13(14)2/h4-7,10-12,17,19H,3,8-9H2,1-2H3. The maximum Gasteiger partial charge on any atom is 0.137 e. The van der Waals surface area contributed by atoms with Gasteiger partial charge in [-0.3, -0.25) is 4.98 Å². The van der Waals surface area contributed by atoms with Gasteiger partial charge in [-0.15, -0.1) is 0 Å². The highest BCUT2D eigenvalue weighted by atomic mass is 16.5. The van der Waals surface area contributed by atoms with Crippen LogP contribution in [0.3, 0.4) is 0 Å². The van der Waals surface area contributed by atoms with E-state index in [2.05, 4.69) is 24.0 Å². The number of aliphatic hydroxyl groups excluding tert-OH is 1. The van der Waals surface area contributed by atoms with Gasteiger partial charge in [0.1, 0.15) is 5.75 Å². The Bertz CT molecular complexity index is 554. The predicted octanol–water partition coefficient (Wildman–Crippen LogP) is 3.45. The van der Waals surface area contributed by atoms with Crippen molar-refractivity contribution in [1.29, 1.82) is 0 Å². The third-order valence-electron chi connectivity index (χ3n) is 3.38. The zero-order chi connectivity index (χ0) is 14.4. The SMILES string of the molecule is CCOc1cncc(C(O)CCc2ccccc2C)c1. The van der Waals surface area contributed by atoms with Gasteiger partial charge in [0.25, 0.3) is 0 Å².